The van der Waals surface area contributed by atoms with E-state index < -0.39 is 0 Å². The molecule has 1 aromatic rings. The van der Waals surface area contributed by atoms with E-state index >= 15 is 0 Å². The Hall–Kier alpha value is -0.750. The van der Waals surface area contributed by atoms with Crippen LogP contribution in [0.4, 0.5) is 0 Å². The summed E-state index contributed by atoms with van der Waals surface area (Å²) in [6, 6.07) is 8.83. The highest BCUT2D eigenvalue weighted by atomic mass is 35.5. The van der Waals surface area contributed by atoms with Crippen molar-refractivity contribution in [2.75, 3.05) is 0 Å². The van der Waals surface area contributed by atoms with Crippen molar-refractivity contribution in [1.82, 2.24) is 0 Å². The first-order valence-corrected chi connectivity index (χ1v) is 4.48. The molecule has 0 spiro atoms. The molecule has 63 valence electrons. The second-order valence-electron chi connectivity index (χ2n) is 2.64. The molecule has 0 saturated carbocycles. The van der Waals surface area contributed by atoms with Crippen LogP contribution in [0.5, 0.6) is 0 Å². The first-order valence-electron chi connectivity index (χ1n) is 4.10. The topological polar surface area (TPSA) is 0 Å². The third kappa shape index (κ3) is 3.10. The second kappa shape index (κ2) is 5.00. The van der Waals surface area contributed by atoms with Gasteiger partial charge in [0.05, 0.1) is 0 Å². The van der Waals surface area contributed by atoms with Crippen molar-refractivity contribution in [3.05, 3.63) is 47.0 Å². The normalized spacial score (nSPS) is 10.8. The van der Waals surface area contributed by atoms with Gasteiger partial charge in [-0.3, -0.25) is 0 Å². The Morgan fingerprint density at radius 3 is 3.08 bits per heavy atom. The predicted molar refractivity (Wildman–Crippen MR) is 53.4 cm³/mol. The Bertz CT molecular complexity index is 263. The van der Waals surface area contributed by atoms with Crippen molar-refractivity contribution < 1.29 is 0 Å². The molecule has 0 bridgehead atoms. The Balaban J connectivity index is 2.52. The number of hydrogen-bond donors (Lipinski definition) is 0. The minimum absolute atomic E-state index is 0.796. The van der Waals surface area contributed by atoms with Crippen LogP contribution in [0, 0.1) is 6.07 Å². The van der Waals surface area contributed by atoms with Crippen LogP contribution in [0.1, 0.15) is 18.9 Å². The first kappa shape index (κ1) is 9.34. The average molecular weight is 180 g/mol. The van der Waals surface area contributed by atoms with E-state index in [4.69, 9.17) is 11.6 Å². The molecule has 0 fully saturated rings. The van der Waals surface area contributed by atoms with Gasteiger partial charge in [-0.1, -0.05) is 29.8 Å². The summed E-state index contributed by atoms with van der Waals surface area (Å²) < 4.78 is 0. The van der Waals surface area contributed by atoms with Crippen molar-refractivity contribution in [3.8, 4) is 0 Å². The van der Waals surface area contributed by atoms with Crippen LogP contribution < -0.4 is 0 Å². The van der Waals surface area contributed by atoms with Crippen LogP contribution in [-0.4, -0.2) is 0 Å². The number of rotatable bonds is 3. The minimum Gasteiger partial charge on any atom is -0.0917 e. The van der Waals surface area contributed by atoms with Crippen LogP contribution in [0.3, 0.4) is 0 Å². The van der Waals surface area contributed by atoms with E-state index in [1.165, 1.54) is 5.56 Å². The summed E-state index contributed by atoms with van der Waals surface area (Å²) in [4.78, 5) is 0. The van der Waals surface area contributed by atoms with Crippen molar-refractivity contribution in [3.63, 3.8) is 0 Å². The van der Waals surface area contributed by atoms with Gasteiger partial charge in [0.1, 0.15) is 0 Å². The summed E-state index contributed by atoms with van der Waals surface area (Å²) in [5.74, 6) is 0. The monoisotopic (exact) mass is 179 g/mol. The molecule has 0 saturated heterocycles. The molecule has 1 rings (SSSR count). The Morgan fingerprint density at radius 1 is 1.58 bits per heavy atom. The number of halogens is 1. The van der Waals surface area contributed by atoms with E-state index in [1.807, 2.05) is 25.1 Å². The highest BCUT2D eigenvalue weighted by Crippen LogP contribution is 2.11. The van der Waals surface area contributed by atoms with E-state index in [2.05, 4.69) is 18.2 Å². The van der Waals surface area contributed by atoms with E-state index in [0.29, 0.717) is 0 Å². The Kier molecular flexibility index (Phi) is 3.89. The molecule has 0 aromatic heterocycles. The third-order valence-corrected chi connectivity index (χ3v) is 1.87. The molecule has 0 aliphatic heterocycles. The van der Waals surface area contributed by atoms with Crippen molar-refractivity contribution in [1.29, 1.82) is 0 Å². The van der Waals surface area contributed by atoms with Gasteiger partial charge in [0.25, 0.3) is 0 Å². The molecule has 0 N–H and O–H groups in total. The van der Waals surface area contributed by atoms with Crippen LogP contribution in [0.25, 0.3) is 0 Å². The maximum Gasteiger partial charge on any atom is 0.0409 e. The molecule has 0 aliphatic carbocycles. The Labute approximate surface area is 78.9 Å². The van der Waals surface area contributed by atoms with Crippen LogP contribution in [0.2, 0.25) is 5.02 Å². The summed E-state index contributed by atoms with van der Waals surface area (Å²) in [6.07, 6.45) is 6.29. The molecular weight excluding hydrogens is 168 g/mol. The molecule has 0 heterocycles. The quantitative estimate of drug-likeness (QED) is 0.622. The number of aryl methyl sites for hydroxylation is 1. The van der Waals surface area contributed by atoms with Crippen molar-refractivity contribution in [2.45, 2.75) is 19.8 Å². The van der Waals surface area contributed by atoms with Gasteiger partial charge in [0.2, 0.25) is 0 Å². The van der Waals surface area contributed by atoms with Crippen molar-refractivity contribution in [2.24, 2.45) is 0 Å². The zero-order valence-corrected chi connectivity index (χ0v) is 7.93. The van der Waals surface area contributed by atoms with Gasteiger partial charge in [-0.25, -0.2) is 0 Å². The van der Waals surface area contributed by atoms with Gasteiger partial charge < -0.3 is 0 Å². The third-order valence-electron chi connectivity index (χ3n) is 1.64. The summed E-state index contributed by atoms with van der Waals surface area (Å²) >= 11 is 5.82. The van der Waals surface area contributed by atoms with Gasteiger partial charge >= 0.3 is 0 Å². The fourth-order valence-electron chi connectivity index (χ4n) is 1.03. The van der Waals surface area contributed by atoms with E-state index in [0.717, 1.165) is 17.9 Å². The SMILES string of the molecule is CC=CCCc1[c]ccc(Cl)c1. The molecule has 1 aromatic carbocycles. The standard InChI is InChI=1S/C11H12Cl/c1-2-3-4-6-10-7-5-8-11(12)9-10/h2-3,5,8-9H,4,6H2,1H3. The first-order chi connectivity index (χ1) is 5.83. The van der Waals surface area contributed by atoms with Crippen LogP contribution in [0.15, 0.2) is 30.4 Å². The zero-order chi connectivity index (χ0) is 8.81. The van der Waals surface area contributed by atoms with Gasteiger partial charge in [-0.15, -0.1) is 0 Å². The second-order valence-corrected chi connectivity index (χ2v) is 3.08. The fraction of sp³-hybridized carbons (Fsp3) is 0.273. The summed E-state index contributed by atoms with van der Waals surface area (Å²) in [5.41, 5.74) is 1.18. The summed E-state index contributed by atoms with van der Waals surface area (Å²) in [7, 11) is 0. The highest BCUT2D eigenvalue weighted by Gasteiger charge is 1.92. The summed E-state index contributed by atoms with van der Waals surface area (Å²) in [6.45, 7) is 2.03. The molecule has 1 radical (unpaired) electrons. The molecule has 0 nitrogen and oxygen atoms in total. The maximum absolute atomic E-state index is 5.82. The number of benzene rings is 1. The molecule has 0 atom stereocenters. The highest BCUT2D eigenvalue weighted by molar-refractivity contribution is 6.30. The van der Waals surface area contributed by atoms with Gasteiger partial charge in [0, 0.05) is 5.02 Å². The van der Waals surface area contributed by atoms with Gasteiger partial charge in [0.15, 0.2) is 0 Å². The lowest BCUT2D eigenvalue weighted by Crippen LogP contribution is -1.82. The smallest absolute Gasteiger partial charge is 0.0409 e. The minimum atomic E-state index is 0.796. The molecule has 0 amide bonds. The number of hydrogen-bond acceptors (Lipinski definition) is 0. The van der Waals surface area contributed by atoms with Gasteiger partial charge in [-0.2, -0.15) is 0 Å². The Morgan fingerprint density at radius 2 is 2.42 bits per heavy atom. The van der Waals surface area contributed by atoms with Crippen LogP contribution >= 0.6 is 11.6 Å². The fourth-order valence-corrected chi connectivity index (χ4v) is 1.23. The molecule has 0 aliphatic rings. The lowest BCUT2D eigenvalue weighted by Gasteiger charge is -1.97. The molecule has 1 heteroatoms. The van der Waals surface area contributed by atoms with Crippen molar-refractivity contribution >= 4 is 11.6 Å². The maximum atomic E-state index is 5.82. The molecule has 0 unspecified atom stereocenters. The van der Waals surface area contributed by atoms with Crippen LogP contribution in [-0.2, 0) is 6.42 Å². The summed E-state index contributed by atoms with van der Waals surface area (Å²) in [5, 5.41) is 0.796. The molecule has 12 heavy (non-hydrogen) atoms. The lowest BCUT2D eigenvalue weighted by atomic mass is 10.1. The lowest BCUT2D eigenvalue weighted by molar-refractivity contribution is 0.997. The van der Waals surface area contributed by atoms with Gasteiger partial charge in [-0.05, 0) is 43.5 Å². The van der Waals surface area contributed by atoms with E-state index in [1.54, 1.807) is 0 Å². The number of allylic oxidation sites excluding steroid dienone is 2. The predicted octanol–water partition coefficient (Wildman–Crippen LogP) is 3.65. The molecular formula is C11H12Cl. The van der Waals surface area contributed by atoms with E-state index in [-0.39, 0.29) is 0 Å². The van der Waals surface area contributed by atoms with E-state index in [9.17, 15) is 0 Å². The average Bonchev–Trinajstić information content (AvgIpc) is 2.05. The zero-order valence-electron chi connectivity index (χ0n) is 7.18. The largest absolute Gasteiger partial charge is 0.0917 e.